The fourth-order valence-corrected chi connectivity index (χ4v) is 2.86. The summed E-state index contributed by atoms with van der Waals surface area (Å²) in [5, 5.41) is 4.07. The summed E-state index contributed by atoms with van der Waals surface area (Å²) in [5.74, 6) is -0.209. The second-order valence-corrected chi connectivity index (χ2v) is 5.56. The Bertz CT molecular complexity index is 492. The van der Waals surface area contributed by atoms with Crippen LogP contribution in [0.15, 0.2) is 18.3 Å². The lowest BCUT2D eigenvalue weighted by atomic mass is 9.94. The molecule has 0 aromatic carbocycles. The first-order chi connectivity index (χ1) is 9.00. The molecular formula is C15H21FN2O. The van der Waals surface area contributed by atoms with Gasteiger partial charge in [0.2, 0.25) is 5.95 Å². The van der Waals surface area contributed by atoms with Crippen molar-refractivity contribution in [2.45, 2.75) is 52.0 Å². The van der Waals surface area contributed by atoms with Crippen molar-refractivity contribution in [1.29, 1.82) is 0 Å². The molecule has 2 atom stereocenters. The molecule has 1 aromatic rings. The molecule has 4 heteroatoms. The van der Waals surface area contributed by atoms with E-state index in [1.165, 1.54) is 23.4 Å². The first-order valence-electron chi connectivity index (χ1n) is 6.90. The van der Waals surface area contributed by atoms with Gasteiger partial charge in [-0.05, 0) is 45.4 Å². The van der Waals surface area contributed by atoms with E-state index in [-0.39, 0.29) is 17.4 Å². The molecule has 0 saturated heterocycles. The number of allylic oxidation sites excluding steroid dienone is 1. The van der Waals surface area contributed by atoms with Gasteiger partial charge in [0.15, 0.2) is 5.78 Å². The molecule has 1 aliphatic carbocycles. The Morgan fingerprint density at radius 3 is 2.68 bits per heavy atom. The lowest BCUT2D eigenvalue weighted by Gasteiger charge is -2.16. The maximum Gasteiger partial charge on any atom is 0.222 e. The molecule has 1 fully saturated rings. The predicted molar refractivity (Wildman–Crippen MR) is 72.6 cm³/mol. The summed E-state index contributed by atoms with van der Waals surface area (Å²) >= 11 is 0. The van der Waals surface area contributed by atoms with E-state index in [4.69, 9.17) is 0 Å². The molecule has 1 aromatic heterocycles. The van der Waals surface area contributed by atoms with Crippen LogP contribution >= 0.6 is 0 Å². The third kappa shape index (κ3) is 2.94. The average molecular weight is 264 g/mol. The second-order valence-electron chi connectivity index (χ2n) is 5.56. The van der Waals surface area contributed by atoms with Gasteiger partial charge >= 0.3 is 0 Å². The Kier molecular flexibility index (Phi) is 4.17. The minimum Gasteiger partial charge on any atom is -0.294 e. The van der Waals surface area contributed by atoms with Crippen LogP contribution < -0.4 is 0 Å². The monoisotopic (exact) mass is 264 g/mol. The molecule has 1 heterocycles. The van der Waals surface area contributed by atoms with E-state index in [9.17, 15) is 9.18 Å². The third-order valence-corrected chi connectivity index (χ3v) is 4.10. The lowest BCUT2D eigenvalue weighted by molar-refractivity contribution is 0.101. The van der Waals surface area contributed by atoms with E-state index in [2.05, 4.69) is 18.6 Å². The number of hydrogen-bond acceptors (Lipinski definition) is 2. The van der Waals surface area contributed by atoms with Crippen molar-refractivity contribution in [3.63, 3.8) is 0 Å². The van der Waals surface area contributed by atoms with Gasteiger partial charge in [0.05, 0.1) is 17.8 Å². The van der Waals surface area contributed by atoms with Crippen LogP contribution in [0.25, 0.3) is 0 Å². The average Bonchev–Trinajstić information content (AvgIpc) is 2.60. The molecule has 1 aliphatic rings. The van der Waals surface area contributed by atoms with Crippen molar-refractivity contribution in [2.24, 2.45) is 5.92 Å². The minimum atomic E-state index is -0.480. The molecule has 1 unspecified atom stereocenters. The Hall–Kier alpha value is -1.45. The van der Waals surface area contributed by atoms with Gasteiger partial charge in [-0.3, -0.25) is 4.79 Å². The van der Waals surface area contributed by atoms with Crippen LogP contribution in [-0.2, 0) is 0 Å². The quantitative estimate of drug-likeness (QED) is 0.471. The number of rotatable bonds is 3. The van der Waals surface area contributed by atoms with Crippen molar-refractivity contribution in [3.05, 3.63) is 29.9 Å². The largest absolute Gasteiger partial charge is 0.294 e. The highest BCUT2D eigenvalue weighted by atomic mass is 19.1. The topological polar surface area (TPSA) is 34.9 Å². The van der Waals surface area contributed by atoms with Crippen molar-refractivity contribution in [3.8, 4) is 0 Å². The Morgan fingerprint density at radius 2 is 2.11 bits per heavy atom. The van der Waals surface area contributed by atoms with Gasteiger partial charge in [0.25, 0.3) is 0 Å². The highest BCUT2D eigenvalue weighted by Crippen LogP contribution is 2.33. The van der Waals surface area contributed by atoms with E-state index in [0.29, 0.717) is 5.92 Å². The number of carbonyl (C=O) groups excluding carboxylic acids is 1. The van der Waals surface area contributed by atoms with E-state index >= 15 is 0 Å². The van der Waals surface area contributed by atoms with Gasteiger partial charge in [0.1, 0.15) is 0 Å². The molecule has 0 N–H and O–H groups in total. The van der Waals surface area contributed by atoms with Crippen LogP contribution in [0.4, 0.5) is 4.39 Å². The maximum atomic E-state index is 14.1. The predicted octanol–water partition coefficient (Wildman–Crippen LogP) is 3.92. The molecule has 0 bridgehead atoms. The van der Waals surface area contributed by atoms with E-state index in [1.54, 1.807) is 0 Å². The number of carbonyl (C=O) groups is 1. The molecular weight excluding hydrogens is 243 g/mol. The van der Waals surface area contributed by atoms with Crippen molar-refractivity contribution in [1.82, 2.24) is 9.78 Å². The normalized spacial score (nSPS) is 23.9. The number of hydrogen-bond donors (Lipinski definition) is 0. The molecule has 0 spiro atoms. The van der Waals surface area contributed by atoms with Crippen LogP contribution in [0.1, 0.15) is 62.4 Å². The minimum absolute atomic E-state index is 0.0671. The van der Waals surface area contributed by atoms with Gasteiger partial charge in [-0.1, -0.05) is 18.6 Å². The molecule has 0 amide bonds. The van der Waals surface area contributed by atoms with Crippen LogP contribution in [0.2, 0.25) is 0 Å². The molecule has 0 radical (unpaired) electrons. The van der Waals surface area contributed by atoms with Crippen molar-refractivity contribution in [2.75, 3.05) is 0 Å². The van der Waals surface area contributed by atoms with Crippen molar-refractivity contribution < 1.29 is 9.18 Å². The Balaban J connectivity index is 2.14. The molecule has 2 rings (SSSR count). The molecule has 19 heavy (non-hydrogen) atoms. The zero-order valence-corrected chi connectivity index (χ0v) is 11.7. The molecule has 1 saturated carbocycles. The van der Waals surface area contributed by atoms with Crippen LogP contribution in [-0.4, -0.2) is 15.6 Å². The summed E-state index contributed by atoms with van der Waals surface area (Å²) in [6, 6.07) is 0.0671. The summed E-state index contributed by atoms with van der Waals surface area (Å²) in [6.45, 7) is 7.45. The SMILES string of the molecule is C=C(C)[C@H]1CCCC(n2ncc(C(C)=O)c2F)CC1. The van der Waals surface area contributed by atoms with E-state index in [1.807, 2.05) is 0 Å². The first-order valence-corrected chi connectivity index (χ1v) is 6.90. The fraction of sp³-hybridized carbons (Fsp3) is 0.600. The van der Waals surface area contributed by atoms with Gasteiger partial charge in [-0.25, -0.2) is 4.68 Å². The lowest BCUT2D eigenvalue weighted by Crippen LogP contribution is -2.13. The highest BCUT2D eigenvalue weighted by Gasteiger charge is 2.24. The zero-order chi connectivity index (χ0) is 14.0. The Labute approximate surface area is 113 Å². The summed E-state index contributed by atoms with van der Waals surface area (Å²) < 4.78 is 15.5. The van der Waals surface area contributed by atoms with Crippen LogP contribution in [0.5, 0.6) is 0 Å². The summed E-state index contributed by atoms with van der Waals surface area (Å²) in [5.41, 5.74) is 1.31. The zero-order valence-electron chi connectivity index (χ0n) is 11.7. The van der Waals surface area contributed by atoms with Gasteiger partial charge in [-0.2, -0.15) is 9.49 Å². The van der Waals surface area contributed by atoms with E-state index in [0.717, 1.165) is 32.1 Å². The number of halogens is 1. The van der Waals surface area contributed by atoms with Crippen LogP contribution in [0, 0.1) is 11.9 Å². The standard InChI is InChI=1S/C15H21FN2O/c1-10(2)12-5-4-6-13(8-7-12)18-15(16)14(9-17-18)11(3)19/h9,12-13H,1,4-8H2,2-3H3/t12-,13?/m0/s1. The number of Topliss-reactive ketones (excluding diaryl/α,β-unsaturated/α-hetero) is 1. The molecule has 3 nitrogen and oxygen atoms in total. The first kappa shape index (κ1) is 14.0. The number of aromatic nitrogens is 2. The van der Waals surface area contributed by atoms with Gasteiger partial charge < -0.3 is 0 Å². The maximum absolute atomic E-state index is 14.1. The summed E-state index contributed by atoms with van der Waals surface area (Å²) in [7, 11) is 0. The molecule has 0 aliphatic heterocycles. The van der Waals surface area contributed by atoms with Gasteiger partial charge in [-0.15, -0.1) is 0 Å². The Morgan fingerprint density at radius 1 is 1.37 bits per heavy atom. The fourth-order valence-electron chi connectivity index (χ4n) is 2.86. The highest BCUT2D eigenvalue weighted by molar-refractivity contribution is 5.93. The molecule has 104 valence electrons. The number of nitrogens with zero attached hydrogens (tertiary/aromatic N) is 2. The number of ketones is 1. The summed E-state index contributed by atoms with van der Waals surface area (Å²) in [4.78, 5) is 11.3. The third-order valence-electron chi connectivity index (χ3n) is 4.10. The van der Waals surface area contributed by atoms with E-state index < -0.39 is 5.95 Å². The van der Waals surface area contributed by atoms with Crippen LogP contribution in [0.3, 0.4) is 0 Å². The summed E-state index contributed by atoms with van der Waals surface area (Å²) in [6.07, 6.45) is 6.35. The second kappa shape index (κ2) is 5.68. The van der Waals surface area contributed by atoms with Gasteiger partial charge in [0, 0.05) is 0 Å². The smallest absolute Gasteiger partial charge is 0.222 e. The van der Waals surface area contributed by atoms with Crippen molar-refractivity contribution >= 4 is 5.78 Å².